The van der Waals surface area contributed by atoms with E-state index in [9.17, 15) is 4.79 Å². The molecule has 0 aliphatic heterocycles. The monoisotopic (exact) mass is 168 g/mol. The number of rotatable bonds is 1. The van der Waals surface area contributed by atoms with E-state index in [0.717, 1.165) is 22.6 Å². The minimum atomic E-state index is 0.765. The lowest BCUT2D eigenvalue weighted by molar-refractivity contribution is 0.112. The molecule has 0 bridgehead atoms. The van der Waals surface area contributed by atoms with Gasteiger partial charge in [0.15, 0.2) is 6.29 Å². The standard InChI is InChI=1S/C11H9BO/c12-11-6-5-8(7-13)9-3-1-2-4-10(9)11/h1-7H,12H2. The van der Waals surface area contributed by atoms with Crippen molar-refractivity contribution >= 4 is 30.4 Å². The fraction of sp³-hybridized carbons (Fsp3) is 0. The zero-order valence-corrected chi connectivity index (χ0v) is 7.45. The van der Waals surface area contributed by atoms with Crippen LogP contribution in [0.15, 0.2) is 36.4 Å². The second-order valence-electron chi connectivity index (χ2n) is 3.14. The van der Waals surface area contributed by atoms with Crippen molar-refractivity contribution in [1.29, 1.82) is 0 Å². The SMILES string of the molecule is Bc1ccc(C=O)c2ccccc12. The molecule has 0 radical (unpaired) electrons. The molecule has 0 heterocycles. The molecular formula is C11H9BO. The van der Waals surface area contributed by atoms with E-state index >= 15 is 0 Å². The molecular weight excluding hydrogens is 159 g/mol. The molecule has 0 saturated heterocycles. The molecule has 2 aromatic rings. The molecule has 0 aromatic heterocycles. The minimum absolute atomic E-state index is 0.765. The predicted molar refractivity (Wildman–Crippen MR) is 57.5 cm³/mol. The average molecular weight is 168 g/mol. The van der Waals surface area contributed by atoms with Gasteiger partial charge < -0.3 is 0 Å². The van der Waals surface area contributed by atoms with E-state index < -0.39 is 0 Å². The lowest BCUT2D eigenvalue weighted by Gasteiger charge is -2.03. The van der Waals surface area contributed by atoms with Gasteiger partial charge in [-0.25, -0.2) is 0 Å². The van der Waals surface area contributed by atoms with E-state index in [1.807, 2.05) is 36.4 Å². The van der Waals surface area contributed by atoms with Gasteiger partial charge in [0.2, 0.25) is 0 Å². The number of aldehydes is 1. The zero-order valence-electron chi connectivity index (χ0n) is 7.45. The van der Waals surface area contributed by atoms with Crippen molar-refractivity contribution in [3.63, 3.8) is 0 Å². The Labute approximate surface area is 77.8 Å². The summed E-state index contributed by atoms with van der Waals surface area (Å²) >= 11 is 0. The van der Waals surface area contributed by atoms with Crippen LogP contribution in [0.4, 0.5) is 0 Å². The highest BCUT2D eigenvalue weighted by atomic mass is 16.1. The third-order valence-corrected chi connectivity index (χ3v) is 2.30. The van der Waals surface area contributed by atoms with Crippen LogP contribution in [-0.4, -0.2) is 14.1 Å². The van der Waals surface area contributed by atoms with Gasteiger partial charge in [0.25, 0.3) is 0 Å². The Morgan fingerprint density at radius 3 is 2.38 bits per heavy atom. The lowest BCUT2D eigenvalue weighted by atomic mass is 9.88. The minimum Gasteiger partial charge on any atom is -0.298 e. The molecule has 0 N–H and O–H groups in total. The molecule has 2 rings (SSSR count). The maximum absolute atomic E-state index is 10.7. The summed E-state index contributed by atoms with van der Waals surface area (Å²) in [6, 6.07) is 11.8. The molecule has 2 aromatic carbocycles. The van der Waals surface area contributed by atoms with Crippen LogP contribution in [0.1, 0.15) is 10.4 Å². The van der Waals surface area contributed by atoms with Gasteiger partial charge in [-0.15, -0.1) is 0 Å². The van der Waals surface area contributed by atoms with Gasteiger partial charge in [0.1, 0.15) is 7.85 Å². The highest BCUT2D eigenvalue weighted by molar-refractivity contribution is 6.39. The highest BCUT2D eigenvalue weighted by Gasteiger charge is 2.00. The van der Waals surface area contributed by atoms with Gasteiger partial charge in [0.05, 0.1) is 0 Å². The van der Waals surface area contributed by atoms with Crippen molar-refractivity contribution in [2.24, 2.45) is 0 Å². The topological polar surface area (TPSA) is 17.1 Å². The van der Waals surface area contributed by atoms with Crippen molar-refractivity contribution in [1.82, 2.24) is 0 Å². The van der Waals surface area contributed by atoms with E-state index in [1.165, 1.54) is 5.46 Å². The summed E-state index contributed by atoms with van der Waals surface area (Å²) in [6.45, 7) is 0. The summed E-state index contributed by atoms with van der Waals surface area (Å²) in [5, 5.41) is 2.20. The fourth-order valence-electron chi connectivity index (χ4n) is 1.58. The first-order chi connectivity index (χ1) is 6.33. The van der Waals surface area contributed by atoms with Gasteiger partial charge in [-0.1, -0.05) is 41.9 Å². The van der Waals surface area contributed by atoms with E-state index in [-0.39, 0.29) is 0 Å². The fourth-order valence-corrected chi connectivity index (χ4v) is 1.58. The molecule has 0 aliphatic rings. The first-order valence-electron chi connectivity index (χ1n) is 4.26. The van der Waals surface area contributed by atoms with Crippen LogP contribution < -0.4 is 5.46 Å². The Morgan fingerprint density at radius 1 is 1.00 bits per heavy atom. The Balaban J connectivity index is 2.92. The van der Waals surface area contributed by atoms with E-state index in [0.29, 0.717) is 0 Å². The quantitative estimate of drug-likeness (QED) is 0.456. The van der Waals surface area contributed by atoms with Gasteiger partial charge >= 0.3 is 0 Å². The van der Waals surface area contributed by atoms with Gasteiger partial charge in [0, 0.05) is 5.56 Å². The molecule has 0 aliphatic carbocycles. The third kappa shape index (κ3) is 1.24. The zero-order chi connectivity index (χ0) is 9.26. The summed E-state index contributed by atoms with van der Waals surface area (Å²) in [4.78, 5) is 10.7. The molecule has 13 heavy (non-hydrogen) atoms. The van der Waals surface area contributed by atoms with Crippen LogP contribution in [-0.2, 0) is 0 Å². The summed E-state index contributed by atoms with van der Waals surface area (Å²) in [7, 11) is 2.05. The van der Waals surface area contributed by atoms with Crippen LogP contribution in [0, 0.1) is 0 Å². The third-order valence-electron chi connectivity index (χ3n) is 2.30. The molecule has 2 heteroatoms. The first-order valence-corrected chi connectivity index (χ1v) is 4.26. The molecule has 62 valence electrons. The number of carbonyl (C=O) groups is 1. The average Bonchev–Trinajstić information content (AvgIpc) is 2.19. The summed E-state index contributed by atoms with van der Waals surface area (Å²) in [5.41, 5.74) is 1.97. The normalized spacial score (nSPS) is 10.2. The number of hydrogen-bond donors (Lipinski definition) is 0. The second-order valence-corrected chi connectivity index (χ2v) is 3.14. The Kier molecular flexibility index (Phi) is 1.89. The van der Waals surface area contributed by atoms with Crippen molar-refractivity contribution in [3.8, 4) is 0 Å². The molecule has 1 nitrogen and oxygen atoms in total. The van der Waals surface area contributed by atoms with Crippen LogP contribution in [0.25, 0.3) is 10.8 Å². The molecule has 0 saturated carbocycles. The second kappa shape index (κ2) is 3.06. The Bertz CT molecular complexity index is 463. The summed E-state index contributed by atoms with van der Waals surface area (Å²) in [5.74, 6) is 0. The van der Waals surface area contributed by atoms with Crippen molar-refractivity contribution in [2.45, 2.75) is 0 Å². The van der Waals surface area contributed by atoms with Crippen LogP contribution in [0.5, 0.6) is 0 Å². The first kappa shape index (κ1) is 8.05. The van der Waals surface area contributed by atoms with Gasteiger partial charge in [-0.3, -0.25) is 4.79 Å². The molecule has 0 amide bonds. The van der Waals surface area contributed by atoms with Gasteiger partial charge in [-0.2, -0.15) is 0 Å². The van der Waals surface area contributed by atoms with Crippen LogP contribution >= 0.6 is 0 Å². The predicted octanol–water partition coefficient (Wildman–Crippen LogP) is 0.911. The van der Waals surface area contributed by atoms with Crippen molar-refractivity contribution < 1.29 is 4.79 Å². The van der Waals surface area contributed by atoms with Crippen LogP contribution in [0.3, 0.4) is 0 Å². The van der Waals surface area contributed by atoms with Crippen LogP contribution in [0.2, 0.25) is 0 Å². The smallest absolute Gasteiger partial charge is 0.150 e. The molecule has 0 unspecified atom stereocenters. The molecule has 0 fully saturated rings. The number of benzene rings is 2. The van der Waals surface area contributed by atoms with Crippen molar-refractivity contribution in [2.75, 3.05) is 0 Å². The number of carbonyl (C=O) groups excluding carboxylic acids is 1. The van der Waals surface area contributed by atoms with Gasteiger partial charge in [-0.05, 0) is 10.8 Å². The summed E-state index contributed by atoms with van der Waals surface area (Å²) < 4.78 is 0. The maximum Gasteiger partial charge on any atom is 0.150 e. The number of hydrogen-bond acceptors (Lipinski definition) is 1. The summed E-state index contributed by atoms with van der Waals surface area (Å²) in [6.07, 6.45) is 0.905. The Morgan fingerprint density at radius 2 is 1.69 bits per heavy atom. The lowest BCUT2D eigenvalue weighted by Crippen LogP contribution is -2.04. The maximum atomic E-state index is 10.7. The largest absolute Gasteiger partial charge is 0.298 e. The van der Waals surface area contributed by atoms with Crippen molar-refractivity contribution in [3.05, 3.63) is 42.0 Å². The van der Waals surface area contributed by atoms with E-state index in [1.54, 1.807) is 0 Å². The van der Waals surface area contributed by atoms with E-state index in [2.05, 4.69) is 7.85 Å². The Hall–Kier alpha value is -1.57. The molecule has 0 spiro atoms. The number of fused-ring (bicyclic) bond motifs is 1. The molecule has 0 atom stereocenters. The highest BCUT2D eigenvalue weighted by Crippen LogP contribution is 2.14. The van der Waals surface area contributed by atoms with E-state index in [4.69, 9.17) is 0 Å².